The standard InChI is InChI=1S/C20H21N5O3/c1-20(10-2-3-11-20)28-19(27)22-15-7-5-14(6-8-15)21-18(26)13-4-9-16-17(12-13)24-25-23-16/h4-9,12H,2-3,10-11H2,1H3,(H,21,26)(H,22,27)(H,23,24,25). The molecule has 28 heavy (non-hydrogen) atoms. The summed E-state index contributed by atoms with van der Waals surface area (Å²) in [6.07, 6.45) is 3.50. The van der Waals surface area contributed by atoms with Crippen molar-refractivity contribution in [1.82, 2.24) is 15.4 Å². The molecule has 0 spiro atoms. The number of amides is 2. The van der Waals surface area contributed by atoms with Crippen LogP contribution in [0, 0.1) is 0 Å². The molecule has 1 heterocycles. The maximum absolute atomic E-state index is 12.4. The molecule has 1 aliphatic carbocycles. The van der Waals surface area contributed by atoms with E-state index in [2.05, 4.69) is 26.0 Å². The molecule has 0 saturated heterocycles. The van der Waals surface area contributed by atoms with Gasteiger partial charge < -0.3 is 10.1 Å². The van der Waals surface area contributed by atoms with Gasteiger partial charge in [0.15, 0.2) is 0 Å². The highest BCUT2D eigenvalue weighted by molar-refractivity contribution is 6.06. The summed E-state index contributed by atoms with van der Waals surface area (Å²) in [7, 11) is 0. The lowest BCUT2D eigenvalue weighted by molar-refractivity contribution is 0.0400. The molecule has 1 aliphatic rings. The Morgan fingerprint density at radius 3 is 2.32 bits per heavy atom. The van der Waals surface area contributed by atoms with Crippen molar-refractivity contribution in [2.24, 2.45) is 0 Å². The Morgan fingerprint density at radius 1 is 0.964 bits per heavy atom. The van der Waals surface area contributed by atoms with Crippen molar-refractivity contribution in [3.63, 3.8) is 0 Å². The third-order valence-electron chi connectivity index (χ3n) is 4.97. The van der Waals surface area contributed by atoms with Gasteiger partial charge in [-0.15, -0.1) is 0 Å². The molecule has 3 N–H and O–H groups in total. The maximum atomic E-state index is 12.4. The zero-order valence-corrected chi connectivity index (χ0v) is 15.5. The Morgan fingerprint density at radius 2 is 1.61 bits per heavy atom. The fourth-order valence-electron chi connectivity index (χ4n) is 3.41. The molecule has 1 aromatic heterocycles. The minimum absolute atomic E-state index is 0.251. The van der Waals surface area contributed by atoms with E-state index >= 15 is 0 Å². The lowest BCUT2D eigenvalue weighted by Crippen LogP contribution is -2.30. The molecule has 144 valence electrons. The van der Waals surface area contributed by atoms with Crippen LogP contribution in [0.2, 0.25) is 0 Å². The molecule has 2 amide bonds. The van der Waals surface area contributed by atoms with Crippen molar-refractivity contribution in [2.45, 2.75) is 38.2 Å². The third kappa shape index (κ3) is 3.95. The first-order valence-corrected chi connectivity index (χ1v) is 9.23. The number of hydrogen-bond donors (Lipinski definition) is 3. The topological polar surface area (TPSA) is 109 Å². The number of aromatic amines is 1. The first kappa shape index (κ1) is 18.0. The molecule has 8 heteroatoms. The van der Waals surface area contributed by atoms with E-state index in [1.165, 1.54) is 0 Å². The number of ether oxygens (including phenoxy) is 1. The molecule has 1 saturated carbocycles. The molecule has 0 radical (unpaired) electrons. The summed E-state index contributed by atoms with van der Waals surface area (Å²) in [4.78, 5) is 24.5. The Bertz CT molecular complexity index is 1010. The van der Waals surface area contributed by atoms with E-state index in [1.54, 1.807) is 42.5 Å². The van der Waals surface area contributed by atoms with Crippen molar-refractivity contribution in [3.8, 4) is 0 Å². The van der Waals surface area contributed by atoms with Gasteiger partial charge in [0.05, 0.1) is 0 Å². The van der Waals surface area contributed by atoms with E-state index in [-0.39, 0.29) is 11.5 Å². The molecular formula is C20H21N5O3. The Kier molecular flexibility index (Phi) is 4.68. The van der Waals surface area contributed by atoms with E-state index in [1.807, 2.05) is 6.92 Å². The number of fused-ring (bicyclic) bond motifs is 1. The van der Waals surface area contributed by atoms with Crippen molar-refractivity contribution in [1.29, 1.82) is 0 Å². The summed E-state index contributed by atoms with van der Waals surface area (Å²) < 4.78 is 5.55. The molecule has 2 aromatic carbocycles. The second kappa shape index (κ2) is 7.30. The number of benzene rings is 2. The van der Waals surface area contributed by atoms with Gasteiger partial charge in [-0.25, -0.2) is 4.79 Å². The smallest absolute Gasteiger partial charge is 0.412 e. The van der Waals surface area contributed by atoms with Crippen LogP contribution in [0.1, 0.15) is 43.0 Å². The minimum Gasteiger partial charge on any atom is -0.443 e. The minimum atomic E-state index is -0.456. The van der Waals surface area contributed by atoms with E-state index in [4.69, 9.17) is 4.74 Å². The van der Waals surface area contributed by atoms with Crippen LogP contribution in [0.4, 0.5) is 16.2 Å². The number of rotatable bonds is 4. The van der Waals surface area contributed by atoms with Crippen LogP contribution in [-0.2, 0) is 4.74 Å². The lowest BCUT2D eigenvalue weighted by Gasteiger charge is -2.24. The lowest BCUT2D eigenvalue weighted by atomic mass is 10.1. The van der Waals surface area contributed by atoms with Crippen LogP contribution in [0.5, 0.6) is 0 Å². The largest absolute Gasteiger partial charge is 0.443 e. The summed E-state index contributed by atoms with van der Waals surface area (Å²) in [5.74, 6) is -0.251. The van der Waals surface area contributed by atoms with Crippen LogP contribution < -0.4 is 10.6 Å². The van der Waals surface area contributed by atoms with E-state index < -0.39 is 6.09 Å². The number of aromatic nitrogens is 3. The van der Waals surface area contributed by atoms with Gasteiger partial charge in [-0.3, -0.25) is 10.1 Å². The number of carbonyl (C=O) groups excluding carboxylic acids is 2. The van der Waals surface area contributed by atoms with Gasteiger partial charge >= 0.3 is 6.09 Å². The molecule has 4 rings (SSSR count). The highest BCUT2D eigenvalue weighted by Gasteiger charge is 2.32. The number of nitrogens with zero attached hydrogens (tertiary/aromatic N) is 2. The summed E-state index contributed by atoms with van der Waals surface area (Å²) >= 11 is 0. The highest BCUT2D eigenvalue weighted by Crippen LogP contribution is 2.32. The molecular weight excluding hydrogens is 358 g/mol. The van der Waals surface area contributed by atoms with Crippen LogP contribution in [0.15, 0.2) is 42.5 Å². The summed E-state index contributed by atoms with van der Waals surface area (Å²) in [5.41, 5.74) is 2.66. The maximum Gasteiger partial charge on any atom is 0.412 e. The first-order chi connectivity index (χ1) is 13.5. The van der Waals surface area contributed by atoms with Gasteiger partial charge in [-0.05, 0) is 75.1 Å². The molecule has 0 aliphatic heterocycles. The van der Waals surface area contributed by atoms with E-state index in [0.29, 0.717) is 28.0 Å². The third-order valence-corrected chi connectivity index (χ3v) is 4.97. The van der Waals surface area contributed by atoms with Gasteiger partial charge in [-0.2, -0.15) is 15.4 Å². The number of carbonyl (C=O) groups is 2. The SMILES string of the molecule is CC1(OC(=O)Nc2ccc(NC(=O)c3ccc4n[nH]nc4c3)cc2)CCCC1. The Balaban J connectivity index is 1.36. The van der Waals surface area contributed by atoms with E-state index in [0.717, 1.165) is 25.7 Å². The normalized spacial score (nSPS) is 15.3. The Labute approximate surface area is 161 Å². The molecule has 0 atom stereocenters. The average molecular weight is 379 g/mol. The quantitative estimate of drug-likeness (QED) is 0.632. The monoisotopic (exact) mass is 379 g/mol. The molecule has 1 fully saturated rings. The number of anilines is 2. The zero-order valence-electron chi connectivity index (χ0n) is 15.5. The van der Waals surface area contributed by atoms with Crippen LogP contribution in [0.3, 0.4) is 0 Å². The highest BCUT2D eigenvalue weighted by atomic mass is 16.6. The Hall–Kier alpha value is -3.42. The summed E-state index contributed by atoms with van der Waals surface area (Å²) in [6.45, 7) is 1.97. The predicted molar refractivity (Wildman–Crippen MR) is 105 cm³/mol. The van der Waals surface area contributed by atoms with Gasteiger partial charge in [0.1, 0.15) is 16.6 Å². The van der Waals surface area contributed by atoms with Crippen molar-refractivity contribution in [2.75, 3.05) is 10.6 Å². The fourth-order valence-corrected chi connectivity index (χ4v) is 3.41. The van der Waals surface area contributed by atoms with Crippen molar-refractivity contribution < 1.29 is 14.3 Å². The predicted octanol–water partition coefficient (Wildman–Crippen LogP) is 4.09. The first-order valence-electron chi connectivity index (χ1n) is 9.23. The second-order valence-corrected chi connectivity index (χ2v) is 7.23. The molecule has 0 bridgehead atoms. The number of H-pyrrole nitrogens is 1. The average Bonchev–Trinajstić information content (AvgIpc) is 3.31. The van der Waals surface area contributed by atoms with Gasteiger partial charge in [0.2, 0.25) is 0 Å². The second-order valence-electron chi connectivity index (χ2n) is 7.23. The molecule has 0 unspecified atom stereocenters. The molecule has 3 aromatic rings. The number of nitrogens with one attached hydrogen (secondary N) is 3. The van der Waals surface area contributed by atoms with Crippen molar-refractivity contribution in [3.05, 3.63) is 48.0 Å². The van der Waals surface area contributed by atoms with Crippen LogP contribution >= 0.6 is 0 Å². The van der Waals surface area contributed by atoms with Crippen LogP contribution in [0.25, 0.3) is 11.0 Å². The van der Waals surface area contributed by atoms with Gasteiger partial charge in [-0.1, -0.05) is 0 Å². The summed E-state index contributed by atoms with van der Waals surface area (Å²) in [5, 5.41) is 16.0. The van der Waals surface area contributed by atoms with Gasteiger partial charge in [0.25, 0.3) is 5.91 Å². The van der Waals surface area contributed by atoms with Crippen LogP contribution in [-0.4, -0.2) is 33.0 Å². The van der Waals surface area contributed by atoms with Crippen molar-refractivity contribution >= 4 is 34.4 Å². The van der Waals surface area contributed by atoms with E-state index in [9.17, 15) is 9.59 Å². The number of hydrogen-bond acceptors (Lipinski definition) is 5. The fraction of sp³-hybridized carbons (Fsp3) is 0.300. The van der Waals surface area contributed by atoms with Gasteiger partial charge in [0, 0.05) is 16.9 Å². The summed E-state index contributed by atoms with van der Waals surface area (Å²) in [6, 6.07) is 12.0. The zero-order chi connectivity index (χ0) is 19.6. The molecule has 8 nitrogen and oxygen atoms in total.